The van der Waals surface area contributed by atoms with Crippen molar-refractivity contribution in [1.82, 2.24) is 20.5 Å². The summed E-state index contributed by atoms with van der Waals surface area (Å²) in [5, 5.41) is 18.0. The number of hydrogen-bond donors (Lipinski definition) is 3. The molecule has 1 unspecified atom stereocenters. The summed E-state index contributed by atoms with van der Waals surface area (Å²) in [6.45, 7) is 2.66. The van der Waals surface area contributed by atoms with Crippen molar-refractivity contribution in [3.63, 3.8) is 0 Å². The van der Waals surface area contributed by atoms with Crippen LogP contribution in [0.2, 0.25) is 0 Å². The van der Waals surface area contributed by atoms with Crippen LogP contribution in [0.1, 0.15) is 18.8 Å². The third-order valence-electron chi connectivity index (χ3n) is 3.45. The van der Waals surface area contributed by atoms with E-state index < -0.39 is 0 Å². The SMILES string of the molecule is Brc1cccc(Br)c1Oc1c(Br)cccc1Br.CC(NCCO)c1ncn[nH]1. The van der Waals surface area contributed by atoms with E-state index in [-0.39, 0.29) is 12.6 Å². The normalized spacial score (nSPS) is 11.5. The molecule has 0 bridgehead atoms. The van der Waals surface area contributed by atoms with Crippen LogP contribution in [-0.2, 0) is 0 Å². The van der Waals surface area contributed by atoms with Crippen LogP contribution in [0.25, 0.3) is 0 Å². The number of hydrogen-bond acceptors (Lipinski definition) is 5. The zero-order chi connectivity index (χ0) is 20.5. The molecule has 150 valence electrons. The van der Waals surface area contributed by atoms with Crippen LogP contribution in [0.3, 0.4) is 0 Å². The van der Waals surface area contributed by atoms with Crippen LogP contribution in [0, 0.1) is 0 Å². The molecule has 0 amide bonds. The highest BCUT2D eigenvalue weighted by atomic mass is 79.9. The second-order valence-electron chi connectivity index (χ2n) is 5.47. The molecule has 0 radical (unpaired) electrons. The Bertz CT molecular complexity index is 788. The molecule has 0 aliphatic heterocycles. The number of para-hydroxylation sites is 2. The van der Waals surface area contributed by atoms with E-state index >= 15 is 0 Å². The molecule has 28 heavy (non-hydrogen) atoms. The Morgan fingerprint density at radius 2 is 1.50 bits per heavy atom. The molecule has 1 heterocycles. The molecule has 1 aromatic heterocycles. The fourth-order valence-electron chi connectivity index (χ4n) is 2.06. The second kappa shape index (κ2) is 12.0. The van der Waals surface area contributed by atoms with Gasteiger partial charge in [0.2, 0.25) is 0 Å². The average molecular weight is 642 g/mol. The maximum Gasteiger partial charge on any atom is 0.155 e. The quantitative estimate of drug-likeness (QED) is 0.309. The Hall–Kier alpha value is -0.780. The predicted molar refractivity (Wildman–Crippen MR) is 124 cm³/mol. The maximum atomic E-state index is 8.50. The van der Waals surface area contributed by atoms with Crippen molar-refractivity contribution in [3.8, 4) is 11.5 Å². The number of halogens is 4. The van der Waals surface area contributed by atoms with Crippen LogP contribution in [0.4, 0.5) is 0 Å². The molecule has 3 rings (SSSR count). The highest BCUT2D eigenvalue weighted by Crippen LogP contribution is 2.41. The van der Waals surface area contributed by atoms with Crippen LogP contribution in [0.15, 0.2) is 60.6 Å². The topological polar surface area (TPSA) is 83.1 Å². The molecule has 0 fully saturated rings. The van der Waals surface area contributed by atoms with E-state index in [0.717, 1.165) is 35.2 Å². The molecule has 3 N–H and O–H groups in total. The summed E-state index contributed by atoms with van der Waals surface area (Å²) in [4.78, 5) is 3.96. The van der Waals surface area contributed by atoms with Gasteiger partial charge in [0.05, 0.1) is 30.5 Å². The highest BCUT2D eigenvalue weighted by Gasteiger charge is 2.12. The molecule has 2 aromatic carbocycles. The molecular formula is C18H18Br4N4O2. The number of aliphatic hydroxyl groups excluding tert-OH is 1. The summed E-state index contributed by atoms with van der Waals surface area (Å²) in [7, 11) is 0. The summed E-state index contributed by atoms with van der Waals surface area (Å²) in [6, 6.07) is 11.7. The monoisotopic (exact) mass is 638 g/mol. The first-order valence-corrected chi connectivity index (χ1v) is 11.4. The Morgan fingerprint density at radius 3 is 1.89 bits per heavy atom. The summed E-state index contributed by atoms with van der Waals surface area (Å²) in [5.41, 5.74) is 0. The number of aromatic nitrogens is 3. The van der Waals surface area contributed by atoms with Crippen LogP contribution < -0.4 is 10.1 Å². The molecule has 1 atom stereocenters. The molecule has 0 saturated carbocycles. The Balaban J connectivity index is 0.000000221. The van der Waals surface area contributed by atoms with Gasteiger partial charge in [-0.2, -0.15) is 5.10 Å². The minimum absolute atomic E-state index is 0.115. The molecule has 0 aliphatic carbocycles. The van der Waals surface area contributed by atoms with Crippen molar-refractivity contribution in [2.45, 2.75) is 13.0 Å². The number of nitrogens with one attached hydrogen (secondary N) is 2. The molecule has 0 spiro atoms. The van der Waals surface area contributed by atoms with Gasteiger partial charge in [0.1, 0.15) is 12.2 Å². The predicted octanol–water partition coefficient (Wildman–Crippen LogP) is 5.98. The van der Waals surface area contributed by atoms with Gasteiger partial charge >= 0.3 is 0 Å². The van der Waals surface area contributed by atoms with E-state index in [1.54, 1.807) is 0 Å². The first-order valence-electron chi connectivity index (χ1n) is 8.19. The first kappa shape index (κ1) is 23.5. The van der Waals surface area contributed by atoms with Crippen molar-refractivity contribution in [2.24, 2.45) is 0 Å². The fraction of sp³-hybridized carbons (Fsp3) is 0.222. The second-order valence-corrected chi connectivity index (χ2v) is 8.89. The molecular weight excluding hydrogens is 624 g/mol. The van der Waals surface area contributed by atoms with Gasteiger partial charge in [0.25, 0.3) is 0 Å². The van der Waals surface area contributed by atoms with Gasteiger partial charge in [-0.15, -0.1) is 0 Å². The van der Waals surface area contributed by atoms with Crippen molar-refractivity contribution < 1.29 is 9.84 Å². The largest absolute Gasteiger partial charge is 0.453 e. The third kappa shape index (κ3) is 6.93. The average Bonchev–Trinajstić information content (AvgIpc) is 3.20. The Kier molecular flexibility index (Phi) is 10.1. The van der Waals surface area contributed by atoms with Gasteiger partial charge in [-0.05, 0) is 94.9 Å². The lowest BCUT2D eigenvalue weighted by atomic mass is 10.3. The Labute approximate surface area is 197 Å². The summed E-state index contributed by atoms with van der Waals surface area (Å²) >= 11 is 13.9. The smallest absolute Gasteiger partial charge is 0.155 e. The van der Waals surface area contributed by atoms with Crippen molar-refractivity contribution in [2.75, 3.05) is 13.2 Å². The van der Waals surface area contributed by atoms with Gasteiger partial charge in [-0.25, -0.2) is 4.98 Å². The van der Waals surface area contributed by atoms with Gasteiger partial charge in [0, 0.05) is 6.54 Å². The molecule has 6 nitrogen and oxygen atoms in total. The van der Waals surface area contributed by atoms with E-state index in [1.807, 2.05) is 43.3 Å². The number of H-pyrrole nitrogens is 1. The zero-order valence-electron chi connectivity index (χ0n) is 14.8. The van der Waals surface area contributed by atoms with Crippen molar-refractivity contribution in [1.29, 1.82) is 0 Å². The van der Waals surface area contributed by atoms with Crippen LogP contribution in [-0.4, -0.2) is 33.4 Å². The van der Waals surface area contributed by atoms with E-state index in [9.17, 15) is 0 Å². The number of rotatable bonds is 6. The lowest BCUT2D eigenvalue weighted by Crippen LogP contribution is -2.22. The number of ether oxygens (including phenoxy) is 1. The van der Waals surface area contributed by atoms with E-state index in [2.05, 4.69) is 84.2 Å². The maximum absolute atomic E-state index is 8.50. The minimum atomic E-state index is 0.115. The van der Waals surface area contributed by atoms with E-state index in [1.165, 1.54) is 6.33 Å². The lowest BCUT2D eigenvalue weighted by molar-refractivity contribution is 0.285. The molecule has 10 heteroatoms. The van der Waals surface area contributed by atoms with Crippen LogP contribution in [0.5, 0.6) is 11.5 Å². The minimum Gasteiger partial charge on any atom is -0.453 e. The first-order chi connectivity index (χ1) is 13.4. The number of aromatic amines is 1. The van der Waals surface area contributed by atoms with E-state index in [4.69, 9.17) is 9.84 Å². The van der Waals surface area contributed by atoms with Crippen molar-refractivity contribution in [3.05, 3.63) is 66.4 Å². The summed E-state index contributed by atoms with van der Waals surface area (Å²) in [6.07, 6.45) is 1.46. The van der Waals surface area contributed by atoms with E-state index in [0.29, 0.717) is 6.54 Å². The zero-order valence-corrected chi connectivity index (χ0v) is 21.1. The third-order valence-corrected chi connectivity index (χ3v) is 5.95. The highest BCUT2D eigenvalue weighted by molar-refractivity contribution is 9.11. The standard InChI is InChI=1S/C12H6Br4O.C6H12N4O/c13-7-3-1-4-8(14)11(7)17-12-9(15)5-2-6-10(12)16;1-5(7-2-3-11)6-8-4-9-10-6/h1-6H;4-5,7,11H,2-3H2,1H3,(H,8,9,10). The van der Waals surface area contributed by atoms with Crippen LogP contribution >= 0.6 is 63.7 Å². The van der Waals surface area contributed by atoms with Gasteiger partial charge < -0.3 is 15.2 Å². The van der Waals surface area contributed by atoms with Crippen molar-refractivity contribution >= 4 is 63.7 Å². The lowest BCUT2D eigenvalue weighted by Gasteiger charge is -2.12. The van der Waals surface area contributed by atoms with Gasteiger partial charge in [-0.3, -0.25) is 5.10 Å². The fourth-order valence-corrected chi connectivity index (χ4v) is 4.38. The molecule has 0 saturated heterocycles. The summed E-state index contributed by atoms with van der Waals surface area (Å²) < 4.78 is 9.50. The Morgan fingerprint density at radius 1 is 1.00 bits per heavy atom. The number of nitrogens with zero attached hydrogens (tertiary/aromatic N) is 2. The van der Waals surface area contributed by atoms with Gasteiger partial charge in [0.15, 0.2) is 11.5 Å². The van der Waals surface area contributed by atoms with Gasteiger partial charge in [-0.1, -0.05) is 12.1 Å². The molecule has 3 aromatic rings. The summed E-state index contributed by atoms with van der Waals surface area (Å²) in [5.74, 6) is 2.29. The number of aliphatic hydroxyl groups is 1. The number of benzene rings is 2. The molecule has 0 aliphatic rings.